The average Bonchev–Trinajstić information content (AvgIpc) is 3.33. The van der Waals surface area contributed by atoms with Crippen molar-refractivity contribution in [2.45, 2.75) is 13.0 Å². The van der Waals surface area contributed by atoms with Crippen molar-refractivity contribution in [2.75, 3.05) is 6.54 Å². The summed E-state index contributed by atoms with van der Waals surface area (Å²) < 4.78 is 0. The topological polar surface area (TPSA) is 66.5 Å². The van der Waals surface area contributed by atoms with Crippen LogP contribution in [0.2, 0.25) is 0 Å². The van der Waals surface area contributed by atoms with Gasteiger partial charge in [0, 0.05) is 18.7 Å². The van der Waals surface area contributed by atoms with Gasteiger partial charge in [0.2, 0.25) is 0 Å². The van der Waals surface area contributed by atoms with Crippen LogP contribution in [0, 0.1) is 0 Å². The van der Waals surface area contributed by atoms with E-state index in [1.165, 1.54) is 11.0 Å². The average molecular weight is 390 g/mol. The molecule has 0 aliphatic carbocycles. The van der Waals surface area contributed by atoms with Gasteiger partial charge >= 0.3 is 0 Å². The summed E-state index contributed by atoms with van der Waals surface area (Å²) in [6.07, 6.45) is 0.598. The molecule has 6 heteroatoms. The Kier molecular flexibility index (Phi) is 5.04. The number of imide groups is 1. The lowest BCUT2D eigenvalue weighted by molar-refractivity contribution is 0.0656. The van der Waals surface area contributed by atoms with E-state index >= 15 is 0 Å². The number of fused-ring (bicyclic) bond motifs is 1. The minimum Gasteiger partial charge on any atom is -0.348 e. The van der Waals surface area contributed by atoms with Crippen LogP contribution >= 0.6 is 11.3 Å². The fourth-order valence-electron chi connectivity index (χ4n) is 3.20. The molecule has 0 bridgehead atoms. The van der Waals surface area contributed by atoms with Crippen LogP contribution in [0.3, 0.4) is 0 Å². The Bertz CT molecular complexity index is 1030. The number of thiophene rings is 1. The molecule has 3 amide bonds. The zero-order valence-corrected chi connectivity index (χ0v) is 15.9. The largest absolute Gasteiger partial charge is 0.348 e. The number of nitrogens with one attached hydrogen (secondary N) is 1. The monoisotopic (exact) mass is 390 g/mol. The highest BCUT2D eigenvalue weighted by atomic mass is 32.1. The maximum atomic E-state index is 12.7. The number of hydrogen-bond donors (Lipinski definition) is 1. The SMILES string of the molecule is O=C(NCc1ccsc1)c1ccc2c(c1)C(=O)N(CCc1ccccc1)C2=O. The van der Waals surface area contributed by atoms with Crippen LogP contribution in [0.1, 0.15) is 42.2 Å². The van der Waals surface area contributed by atoms with E-state index in [1.807, 2.05) is 47.2 Å². The first kappa shape index (κ1) is 18.1. The molecular formula is C22H18N2O3S. The third kappa shape index (κ3) is 3.59. The van der Waals surface area contributed by atoms with E-state index in [9.17, 15) is 14.4 Å². The summed E-state index contributed by atoms with van der Waals surface area (Å²) in [4.78, 5) is 39.0. The molecule has 1 aliphatic heterocycles. The van der Waals surface area contributed by atoms with Crippen molar-refractivity contribution in [2.24, 2.45) is 0 Å². The molecule has 0 spiro atoms. The number of amides is 3. The van der Waals surface area contributed by atoms with E-state index < -0.39 is 0 Å². The van der Waals surface area contributed by atoms with Crippen molar-refractivity contribution < 1.29 is 14.4 Å². The number of rotatable bonds is 6. The Morgan fingerprint density at radius 2 is 1.71 bits per heavy atom. The van der Waals surface area contributed by atoms with E-state index in [0.717, 1.165) is 11.1 Å². The van der Waals surface area contributed by atoms with E-state index in [4.69, 9.17) is 0 Å². The van der Waals surface area contributed by atoms with Crippen LogP contribution in [-0.2, 0) is 13.0 Å². The van der Waals surface area contributed by atoms with Crippen LogP contribution < -0.4 is 5.32 Å². The molecule has 2 aromatic carbocycles. The molecule has 4 rings (SSSR count). The number of carbonyl (C=O) groups excluding carboxylic acids is 3. The second kappa shape index (κ2) is 7.78. The van der Waals surface area contributed by atoms with Crippen molar-refractivity contribution >= 4 is 29.1 Å². The molecular weight excluding hydrogens is 372 g/mol. The highest BCUT2D eigenvalue weighted by molar-refractivity contribution is 7.07. The van der Waals surface area contributed by atoms with Crippen molar-refractivity contribution in [3.63, 3.8) is 0 Å². The predicted molar refractivity (Wildman–Crippen MR) is 107 cm³/mol. The molecule has 140 valence electrons. The zero-order valence-electron chi connectivity index (χ0n) is 15.1. The van der Waals surface area contributed by atoms with Gasteiger partial charge in [0.1, 0.15) is 0 Å². The number of carbonyl (C=O) groups is 3. The lowest BCUT2D eigenvalue weighted by Gasteiger charge is -2.13. The van der Waals surface area contributed by atoms with E-state index in [-0.39, 0.29) is 17.7 Å². The number of nitrogens with zero attached hydrogens (tertiary/aromatic N) is 1. The fraction of sp³-hybridized carbons (Fsp3) is 0.136. The van der Waals surface area contributed by atoms with Gasteiger partial charge in [-0.15, -0.1) is 0 Å². The maximum absolute atomic E-state index is 12.7. The lowest BCUT2D eigenvalue weighted by Crippen LogP contribution is -2.31. The fourth-order valence-corrected chi connectivity index (χ4v) is 3.87. The zero-order chi connectivity index (χ0) is 19.5. The molecule has 0 saturated heterocycles. The van der Waals surface area contributed by atoms with Gasteiger partial charge in [0.05, 0.1) is 11.1 Å². The first-order valence-electron chi connectivity index (χ1n) is 8.97. The summed E-state index contributed by atoms with van der Waals surface area (Å²) in [5.74, 6) is -0.915. The summed E-state index contributed by atoms with van der Waals surface area (Å²) in [6, 6.07) is 16.3. The smallest absolute Gasteiger partial charge is 0.261 e. The highest BCUT2D eigenvalue weighted by Gasteiger charge is 2.35. The second-order valence-electron chi connectivity index (χ2n) is 6.57. The van der Waals surface area contributed by atoms with Gasteiger partial charge in [-0.2, -0.15) is 11.3 Å². The Morgan fingerprint density at radius 3 is 2.46 bits per heavy atom. The van der Waals surface area contributed by atoms with Gasteiger partial charge in [-0.05, 0) is 52.6 Å². The quantitative estimate of drug-likeness (QED) is 0.655. The molecule has 0 fully saturated rings. The first-order valence-corrected chi connectivity index (χ1v) is 9.91. The lowest BCUT2D eigenvalue weighted by atomic mass is 10.1. The standard InChI is InChI=1S/C22H18N2O3S/c25-20(23-13-16-9-11-28-14-16)17-6-7-18-19(12-17)22(27)24(21(18)26)10-8-15-4-2-1-3-5-15/h1-7,9,11-12,14H,8,10,13H2,(H,23,25). The maximum Gasteiger partial charge on any atom is 0.261 e. The molecule has 0 radical (unpaired) electrons. The summed E-state index contributed by atoms with van der Waals surface area (Å²) in [7, 11) is 0. The Morgan fingerprint density at radius 1 is 0.929 bits per heavy atom. The first-order chi connectivity index (χ1) is 13.6. The molecule has 0 unspecified atom stereocenters. The van der Waals surface area contributed by atoms with Gasteiger partial charge in [-0.25, -0.2) is 0 Å². The van der Waals surface area contributed by atoms with Gasteiger partial charge in [0.25, 0.3) is 17.7 Å². The second-order valence-corrected chi connectivity index (χ2v) is 7.35. The highest BCUT2D eigenvalue weighted by Crippen LogP contribution is 2.24. The van der Waals surface area contributed by atoms with Crippen molar-refractivity contribution in [1.29, 1.82) is 0 Å². The number of hydrogen-bond acceptors (Lipinski definition) is 4. The van der Waals surface area contributed by atoms with Crippen LogP contribution in [0.25, 0.3) is 0 Å². The summed E-state index contributed by atoms with van der Waals surface area (Å²) >= 11 is 1.57. The van der Waals surface area contributed by atoms with Crippen molar-refractivity contribution in [3.8, 4) is 0 Å². The Balaban J connectivity index is 1.46. The van der Waals surface area contributed by atoms with Crippen LogP contribution in [0.15, 0.2) is 65.4 Å². The van der Waals surface area contributed by atoms with Crippen LogP contribution in [0.5, 0.6) is 0 Å². The van der Waals surface area contributed by atoms with Gasteiger partial charge in [-0.1, -0.05) is 30.3 Å². The molecule has 2 heterocycles. The molecule has 0 atom stereocenters. The molecule has 0 saturated carbocycles. The Labute approximate surface area is 166 Å². The van der Waals surface area contributed by atoms with Crippen molar-refractivity contribution in [1.82, 2.24) is 10.2 Å². The van der Waals surface area contributed by atoms with Crippen molar-refractivity contribution in [3.05, 3.63) is 93.2 Å². The summed E-state index contributed by atoms with van der Waals surface area (Å²) in [6.45, 7) is 0.742. The summed E-state index contributed by atoms with van der Waals surface area (Å²) in [5.41, 5.74) is 3.11. The summed E-state index contributed by atoms with van der Waals surface area (Å²) in [5, 5.41) is 6.75. The van der Waals surface area contributed by atoms with Gasteiger partial charge in [-0.3, -0.25) is 19.3 Å². The molecule has 28 heavy (non-hydrogen) atoms. The van der Waals surface area contributed by atoms with Crippen LogP contribution in [0.4, 0.5) is 0 Å². The third-order valence-corrected chi connectivity index (χ3v) is 5.47. The minimum atomic E-state index is -0.344. The predicted octanol–water partition coefficient (Wildman–Crippen LogP) is 3.52. The van der Waals surface area contributed by atoms with E-state index in [1.54, 1.807) is 23.5 Å². The van der Waals surface area contributed by atoms with Gasteiger partial charge in [0.15, 0.2) is 0 Å². The van der Waals surface area contributed by atoms with Crippen LogP contribution in [-0.4, -0.2) is 29.2 Å². The molecule has 1 N–H and O–H groups in total. The van der Waals surface area contributed by atoms with E-state index in [0.29, 0.717) is 36.2 Å². The molecule has 3 aromatic rings. The molecule has 1 aromatic heterocycles. The Hall–Kier alpha value is -3.25. The molecule has 5 nitrogen and oxygen atoms in total. The third-order valence-electron chi connectivity index (χ3n) is 4.73. The molecule has 1 aliphatic rings. The normalized spacial score (nSPS) is 12.9. The number of benzene rings is 2. The minimum absolute atomic E-state index is 0.267. The van der Waals surface area contributed by atoms with Gasteiger partial charge < -0.3 is 5.32 Å². The van der Waals surface area contributed by atoms with E-state index in [2.05, 4.69) is 5.32 Å².